The van der Waals surface area contributed by atoms with Crippen LogP contribution in [0.2, 0.25) is 0 Å². The van der Waals surface area contributed by atoms with Gasteiger partial charge in [0.05, 0.1) is 0 Å². The van der Waals surface area contributed by atoms with Crippen LogP contribution in [0.1, 0.15) is 47.0 Å². The van der Waals surface area contributed by atoms with Crippen LogP contribution in [0.4, 0.5) is 0 Å². The quantitative estimate of drug-likeness (QED) is 0.573. The molecule has 2 aliphatic rings. The molecule has 2 aliphatic carbocycles. The zero-order valence-corrected chi connectivity index (χ0v) is 12.9. The Morgan fingerprint density at radius 2 is 2.10 bits per heavy atom. The smallest absolute Gasteiger partial charge is 0.302 e. The zero-order chi connectivity index (χ0) is 15.1. The average Bonchev–Trinajstić information content (AvgIpc) is 2.30. The summed E-state index contributed by atoms with van der Waals surface area (Å²) in [5.74, 6) is 0.243. The summed E-state index contributed by atoms with van der Waals surface area (Å²) in [5.41, 5.74) is 2.11. The van der Waals surface area contributed by atoms with E-state index in [4.69, 9.17) is 4.74 Å². The molecule has 0 aromatic heterocycles. The largest absolute Gasteiger partial charge is 0.462 e. The first-order valence-electron chi connectivity index (χ1n) is 7.31. The number of carbonyl (C=O) groups is 2. The van der Waals surface area contributed by atoms with Crippen LogP contribution in [0.25, 0.3) is 0 Å². The van der Waals surface area contributed by atoms with Gasteiger partial charge in [-0.1, -0.05) is 31.6 Å². The number of allylic oxidation sites excluding steroid dienone is 2. The van der Waals surface area contributed by atoms with Crippen molar-refractivity contribution in [3.05, 3.63) is 23.8 Å². The van der Waals surface area contributed by atoms with E-state index in [-0.39, 0.29) is 29.2 Å². The first-order valence-corrected chi connectivity index (χ1v) is 7.31. The van der Waals surface area contributed by atoms with Crippen LogP contribution in [-0.2, 0) is 14.3 Å². The standard InChI is InChI=1S/C17H24O3/c1-10(2)15-9-17(5)11(3)6-14(20-12(4)18)7-13(17)8-16(15)19/h8,11,14-15H,1,6-7,9H2,2-5H3. The molecule has 0 saturated heterocycles. The molecule has 0 aliphatic heterocycles. The molecule has 1 fully saturated rings. The summed E-state index contributed by atoms with van der Waals surface area (Å²) >= 11 is 0. The number of esters is 1. The van der Waals surface area contributed by atoms with Crippen LogP contribution in [0.3, 0.4) is 0 Å². The van der Waals surface area contributed by atoms with Crippen molar-refractivity contribution >= 4 is 11.8 Å². The molecule has 0 aromatic carbocycles. The molecule has 0 aromatic rings. The molecule has 3 heteroatoms. The Hall–Kier alpha value is -1.38. The Labute approximate surface area is 121 Å². The van der Waals surface area contributed by atoms with Crippen LogP contribution < -0.4 is 0 Å². The molecule has 1 saturated carbocycles. The number of carbonyl (C=O) groups excluding carboxylic acids is 2. The Morgan fingerprint density at radius 3 is 2.65 bits per heavy atom. The number of ether oxygens (including phenoxy) is 1. The van der Waals surface area contributed by atoms with E-state index >= 15 is 0 Å². The second kappa shape index (κ2) is 5.19. The lowest BCUT2D eigenvalue weighted by atomic mass is 9.57. The van der Waals surface area contributed by atoms with Crippen molar-refractivity contribution in [1.29, 1.82) is 0 Å². The van der Waals surface area contributed by atoms with Gasteiger partial charge in [0, 0.05) is 19.3 Å². The molecule has 0 radical (unpaired) electrons. The van der Waals surface area contributed by atoms with Crippen molar-refractivity contribution in [2.75, 3.05) is 0 Å². The third-order valence-corrected chi connectivity index (χ3v) is 5.10. The first kappa shape index (κ1) is 15.0. The van der Waals surface area contributed by atoms with E-state index in [1.807, 2.05) is 6.92 Å². The lowest BCUT2D eigenvalue weighted by Crippen LogP contribution is -2.43. The fourth-order valence-corrected chi connectivity index (χ4v) is 3.63. The molecule has 4 unspecified atom stereocenters. The Bertz CT molecular complexity index is 488. The van der Waals surface area contributed by atoms with Gasteiger partial charge in [-0.2, -0.15) is 0 Å². The van der Waals surface area contributed by atoms with Crippen LogP contribution in [0.15, 0.2) is 23.8 Å². The predicted octanol–water partition coefficient (Wildman–Crippen LogP) is 3.45. The Morgan fingerprint density at radius 1 is 1.45 bits per heavy atom. The number of ketones is 1. The molecule has 0 amide bonds. The lowest BCUT2D eigenvalue weighted by Gasteiger charge is -2.48. The van der Waals surface area contributed by atoms with Gasteiger partial charge in [0.2, 0.25) is 0 Å². The minimum absolute atomic E-state index is 0.0220. The van der Waals surface area contributed by atoms with Gasteiger partial charge in [-0.25, -0.2) is 0 Å². The van der Waals surface area contributed by atoms with Crippen molar-refractivity contribution in [2.24, 2.45) is 17.3 Å². The average molecular weight is 276 g/mol. The molecular weight excluding hydrogens is 252 g/mol. The van der Waals surface area contributed by atoms with Crippen molar-refractivity contribution < 1.29 is 14.3 Å². The van der Waals surface area contributed by atoms with E-state index in [0.717, 1.165) is 24.0 Å². The molecule has 110 valence electrons. The fourth-order valence-electron chi connectivity index (χ4n) is 3.63. The van der Waals surface area contributed by atoms with Gasteiger partial charge in [0.1, 0.15) is 6.10 Å². The molecule has 3 nitrogen and oxygen atoms in total. The highest BCUT2D eigenvalue weighted by molar-refractivity contribution is 5.95. The van der Waals surface area contributed by atoms with Crippen LogP contribution in [0, 0.1) is 17.3 Å². The van der Waals surface area contributed by atoms with E-state index in [0.29, 0.717) is 12.3 Å². The summed E-state index contributed by atoms with van der Waals surface area (Å²) in [5, 5.41) is 0. The van der Waals surface area contributed by atoms with Crippen molar-refractivity contribution in [3.8, 4) is 0 Å². The maximum absolute atomic E-state index is 12.2. The van der Waals surface area contributed by atoms with Gasteiger partial charge in [0.15, 0.2) is 5.78 Å². The van der Waals surface area contributed by atoms with Gasteiger partial charge >= 0.3 is 5.97 Å². The van der Waals surface area contributed by atoms with Crippen LogP contribution in [-0.4, -0.2) is 17.9 Å². The van der Waals surface area contributed by atoms with Gasteiger partial charge in [-0.3, -0.25) is 9.59 Å². The Kier molecular flexibility index (Phi) is 3.90. The minimum Gasteiger partial charge on any atom is -0.462 e. The van der Waals surface area contributed by atoms with E-state index in [2.05, 4.69) is 20.4 Å². The molecule has 20 heavy (non-hydrogen) atoms. The van der Waals surface area contributed by atoms with Crippen LogP contribution >= 0.6 is 0 Å². The minimum atomic E-state index is -0.242. The summed E-state index contributed by atoms with van der Waals surface area (Å²) in [7, 11) is 0. The molecular formula is C17H24O3. The Balaban J connectivity index is 2.29. The van der Waals surface area contributed by atoms with Gasteiger partial charge in [-0.15, -0.1) is 0 Å². The van der Waals surface area contributed by atoms with E-state index in [1.54, 1.807) is 6.08 Å². The highest BCUT2D eigenvalue weighted by atomic mass is 16.5. The number of hydrogen-bond donors (Lipinski definition) is 0. The zero-order valence-electron chi connectivity index (χ0n) is 12.9. The normalized spacial score (nSPS) is 36.9. The highest BCUT2D eigenvalue weighted by Gasteiger charge is 2.47. The van der Waals surface area contributed by atoms with Gasteiger partial charge in [-0.05, 0) is 37.2 Å². The highest BCUT2D eigenvalue weighted by Crippen LogP contribution is 2.52. The number of hydrogen-bond acceptors (Lipinski definition) is 3. The molecule has 0 N–H and O–H groups in total. The second-order valence-electron chi connectivity index (χ2n) is 6.66. The van der Waals surface area contributed by atoms with Crippen LogP contribution in [0.5, 0.6) is 0 Å². The van der Waals surface area contributed by atoms with E-state index in [9.17, 15) is 9.59 Å². The molecule has 0 bridgehead atoms. The van der Waals surface area contributed by atoms with E-state index in [1.165, 1.54) is 6.92 Å². The summed E-state index contributed by atoms with van der Waals surface area (Å²) in [6.45, 7) is 11.8. The molecule has 0 heterocycles. The monoisotopic (exact) mass is 276 g/mol. The predicted molar refractivity (Wildman–Crippen MR) is 78.1 cm³/mol. The summed E-state index contributed by atoms with van der Waals surface area (Å²) in [4.78, 5) is 23.4. The van der Waals surface area contributed by atoms with Gasteiger partial charge in [0.25, 0.3) is 0 Å². The second-order valence-corrected chi connectivity index (χ2v) is 6.66. The third-order valence-electron chi connectivity index (χ3n) is 5.10. The molecule has 4 atom stereocenters. The van der Waals surface area contributed by atoms with E-state index < -0.39 is 0 Å². The molecule has 2 rings (SSSR count). The first-order chi connectivity index (χ1) is 9.24. The number of rotatable bonds is 2. The lowest BCUT2D eigenvalue weighted by molar-refractivity contribution is -0.148. The molecule has 0 spiro atoms. The van der Waals surface area contributed by atoms with Crippen molar-refractivity contribution in [3.63, 3.8) is 0 Å². The number of fused-ring (bicyclic) bond motifs is 1. The third kappa shape index (κ3) is 2.58. The van der Waals surface area contributed by atoms with Crippen molar-refractivity contribution in [2.45, 2.75) is 53.1 Å². The maximum Gasteiger partial charge on any atom is 0.302 e. The van der Waals surface area contributed by atoms with Gasteiger partial charge < -0.3 is 4.74 Å². The van der Waals surface area contributed by atoms with Crippen molar-refractivity contribution in [1.82, 2.24) is 0 Å². The maximum atomic E-state index is 12.2. The summed E-state index contributed by atoms with van der Waals surface area (Å²) in [6.07, 6.45) is 4.09. The topological polar surface area (TPSA) is 43.4 Å². The fraction of sp³-hybridized carbons (Fsp3) is 0.647. The summed E-state index contributed by atoms with van der Waals surface area (Å²) in [6, 6.07) is 0. The SMILES string of the molecule is C=C(C)C1CC2(C)C(=CC1=O)CC(OC(C)=O)CC2C. The summed E-state index contributed by atoms with van der Waals surface area (Å²) < 4.78 is 5.36.